The van der Waals surface area contributed by atoms with Crippen molar-refractivity contribution in [2.45, 2.75) is 490 Å². The van der Waals surface area contributed by atoms with Crippen LogP contribution in [-0.2, 0) is 65.4 Å². The molecule has 3 N–H and O–H groups in total. The van der Waals surface area contributed by atoms with E-state index in [9.17, 15) is 43.2 Å². The van der Waals surface area contributed by atoms with Crippen LogP contribution in [0.4, 0.5) is 0 Å². The van der Waals surface area contributed by atoms with Crippen LogP contribution in [0.25, 0.3) is 0 Å². The summed E-state index contributed by atoms with van der Waals surface area (Å²) in [6.45, 7) is 7.36. The van der Waals surface area contributed by atoms with Crippen LogP contribution in [0.5, 0.6) is 0 Å². The normalized spacial score (nSPS) is 13.7. The van der Waals surface area contributed by atoms with Crippen molar-refractivity contribution in [3.05, 3.63) is 0 Å². The van der Waals surface area contributed by atoms with Crippen LogP contribution in [0.1, 0.15) is 471 Å². The first-order valence-corrected chi connectivity index (χ1v) is 48.1. The summed E-state index contributed by atoms with van der Waals surface area (Å²) in [5.41, 5.74) is 0. The number of unbranched alkanes of at least 4 members (excludes halogenated alkanes) is 59. The van der Waals surface area contributed by atoms with Crippen molar-refractivity contribution in [2.75, 3.05) is 39.6 Å². The van der Waals surface area contributed by atoms with Gasteiger partial charge < -0.3 is 33.8 Å². The van der Waals surface area contributed by atoms with Crippen LogP contribution in [0, 0.1) is 5.92 Å². The van der Waals surface area contributed by atoms with Gasteiger partial charge in [0.1, 0.15) is 19.3 Å². The van der Waals surface area contributed by atoms with Gasteiger partial charge in [0.05, 0.1) is 26.4 Å². The smallest absolute Gasteiger partial charge is 0.462 e. The zero-order valence-electron chi connectivity index (χ0n) is 69.6. The van der Waals surface area contributed by atoms with Gasteiger partial charge in [-0.25, -0.2) is 9.13 Å². The summed E-state index contributed by atoms with van der Waals surface area (Å²) >= 11 is 0. The van der Waals surface area contributed by atoms with Gasteiger partial charge in [-0.05, 0) is 31.6 Å². The lowest BCUT2D eigenvalue weighted by atomic mass is 10.0. The highest BCUT2D eigenvalue weighted by atomic mass is 31.2. The standard InChI is InChI=1S/C87H170O17P2/c1-6-9-12-15-18-21-24-26-28-30-32-34-36-38-40-42-47-52-57-62-67-72-86(91)103-83(77-98-85(90)71-66-61-56-51-46-41-39-37-35-33-31-29-27-25-22-19-16-13-10-7-2)79-102-106(95,96)100-75-81(88)74-99-105(93,94)101-78-82(76-97-84(89)70-65-60-55-50-44-23-20-17-14-11-8-3)104-87(92)73-68-63-58-53-48-43-45-49-54-59-64-69-80(4)5/h80-83,88H,6-79H2,1-5H3,(H,93,94)(H,95,96)/t81-,82+,83+/m0/s1. The lowest BCUT2D eigenvalue weighted by Gasteiger charge is -2.21. The molecule has 0 spiro atoms. The van der Waals surface area contributed by atoms with Gasteiger partial charge in [0.2, 0.25) is 0 Å². The maximum Gasteiger partial charge on any atom is 0.472 e. The first-order chi connectivity index (χ1) is 51.5. The first-order valence-electron chi connectivity index (χ1n) is 45.1. The van der Waals surface area contributed by atoms with E-state index >= 15 is 0 Å². The summed E-state index contributed by atoms with van der Waals surface area (Å²) in [6.07, 6.45) is 73.7. The monoisotopic (exact) mass is 1550 g/mol. The Bertz CT molecular complexity index is 2010. The molecule has 19 heteroatoms. The highest BCUT2D eigenvalue weighted by Crippen LogP contribution is 2.45. The summed E-state index contributed by atoms with van der Waals surface area (Å²) in [5, 5.41) is 10.7. The van der Waals surface area contributed by atoms with Crippen molar-refractivity contribution in [1.82, 2.24) is 0 Å². The third-order valence-electron chi connectivity index (χ3n) is 20.5. The largest absolute Gasteiger partial charge is 0.472 e. The molecule has 0 aliphatic rings. The molecule has 0 aromatic carbocycles. The Morgan fingerprint density at radius 2 is 0.434 bits per heavy atom. The molecule has 0 rings (SSSR count). The van der Waals surface area contributed by atoms with E-state index < -0.39 is 97.5 Å². The molecule has 0 aliphatic carbocycles. The highest BCUT2D eigenvalue weighted by Gasteiger charge is 2.30. The number of ether oxygens (including phenoxy) is 4. The van der Waals surface area contributed by atoms with E-state index in [1.54, 1.807) is 0 Å². The minimum Gasteiger partial charge on any atom is -0.462 e. The lowest BCUT2D eigenvalue weighted by Crippen LogP contribution is -2.30. The summed E-state index contributed by atoms with van der Waals surface area (Å²) in [7, 11) is -9.93. The number of phosphoric acid groups is 2. The summed E-state index contributed by atoms with van der Waals surface area (Å²) in [5.74, 6) is -1.33. The quantitative estimate of drug-likeness (QED) is 0.0222. The molecule has 0 heterocycles. The molecule has 630 valence electrons. The van der Waals surface area contributed by atoms with Crippen LogP contribution in [0.15, 0.2) is 0 Å². The minimum absolute atomic E-state index is 0.107. The molecule has 2 unspecified atom stereocenters. The minimum atomic E-state index is -4.97. The number of carbonyl (C=O) groups excluding carboxylic acids is 4. The van der Waals surface area contributed by atoms with E-state index in [0.717, 1.165) is 95.8 Å². The van der Waals surface area contributed by atoms with Crippen LogP contribution < -0.4 is 0 Å². The van der Waals surface area contributed by atoms with Crippen molar-refractivity contribution in [3.63, 3.8) is 0 Å². The van der Waals surface area contributed by atoms with E-state index in [-0.39, 0.29) is 25.7 Å². The maximum atomic E-state index is 13.2. The van der Waals surface area contributed by atoms with Crippen molar-refractivity contribution in [3.8, 4) is 0 Å². The van der Waals surface area contributed by atoms with Crippen LogP contribution in [0.2, 0.25) is 0 Å². The number of hydrogen-bond donors (Lipinski definition) is 3. The fraction of sp³-hybridized carbons (Fsp3) is 0.954. The van der Waals surface area contributed by atoms with Crippen LogP contribution in [-0.4, -0.2) is 96.7 Å². The number of aliphatic hydroxyl groups excluding tert-OH is 1. The fourth-order valence-corrected chi connectivity index (χ4v) is 15.2. The first kappa shape index (κ1) is 104. The van der Waals surface area contributed by atoms with Gasteiger partial charge in [0, 0.05) is 25.7 Å². The third-order valence-corrected chi connectivity index (χ3v) is 22.4. The second-order valence-electron chi connectivity index (χ2n) is 31.8. The van der Waals surface area contributed by atoms with Gasteiger partial charge in [0.15, 0.2) is 12.2 Å². The second kappa shape index (κ2) is 79.7. The number of phosphoric ester groups is 2. The molecule has 0 aliphatic heterocycles. The zero-order valence-corrected chi connectivity index (χ0v) is 71.4. The second-order valence-corrected chi connectivity index (χ2v) is 34.7. The Hall–Kier alpha value is -1.94. The zero-order chi connectivity index (χ0) is 77.6. The van der Waals surface area contributed by atoms with Gasteiger partial charge in [-0.15, -0.1) is 0 Å². The van der Waals surface area contributed by atoms with Gasteiger partial charge in [0.25, 0.3) is 0 Å². The van der Waals surface area contributed by atoms with Gasteiger partial charge >= 0.3 is 39.5 Å². The van der Waals surface area contributed by atoms with Crippen molar-refractivity contribution < 1.29 is 80.2 Å². The van der Waals surface area contributed by atoms with E-state index in [1.807, 2.05) is 0 Å². The van der Waals surface area contributed by atoms with E-state index in [2.05, 4.69) is 34.6 Å². The van der Waals surface area contributed by atoms with Gasteiger partial charge in [-0.2, -0.15) is 0 Å². The van der Waals surface area contributed by atoms with E-state index in [0.29, 0.717) is 25.7 Å². The molecule has 17 nitrogen and oxygen atoms in total. The van der Waals surface area contributed by atoms with E-state index in [4.69, 9.17) is 37.0 Å². The number of hydrogen-bond acceptors (Lipinski definition) is 15. The Kier molecular flexibility index (Phi) is 78.2. The Morgan fingerprint density at radius 1 is 0.255 bits per heavy atom. The molecular formula is C87H170O17P2. The van der Waals surface area contributed by atoms with Gasteiger partial charge in [-0.3, -0.25) is 37.3 Å². The number of esters is 4. The van der Waals surface area contributed by atoms with E-state index in [1.165, 1.54) is 295 Å². The van der Waals surface area contributed by atoms with Gasteiger partial charge in [-0.1, -0.05) is 420 Å². The van der Waals surface area contributed by atoms with Crippen molar-refractivity contribution in [2.24, 2.45) is 5.92 Å². The third kappa shape index (κ3) is 80.1. The molecule has 0 amide bonds. The molecule has 0 aromatic heterocycles. The Labute approximate surface area is 651 Å². The molecule has 5 atom stereocenters. The Morgan fingerprint density at radius 3 is 0.642 bits per heavy atom. The summed E-state index contributed by atoms with van der Waals surface area (Å²) in [4.78, 5) is 73.2. The molecule has 0 saturated carbocycles. The average Bonchev–Trinajstić information content (AvgIpc) is 0.903. The number of rotatable bonds is 87. The predicted molar refractivity (Wildman–Crippen MR) is 437 cm³/mol. The SMILES string of the molecule is CCCCCCCCCCCCCCCCCCCCCCCC(=O)O[C@H](COC(=O)CCCCCCCCCCCCCCCCCCCCCC)COP(=O)(O)OC[C@@H](O)COP(=O)(O)OC[C@@H](COC(=O)CCCCCCCCCCCCC)OC(=O)CCCCCCCCCCCCCC(C)C. The number of aliphatic hydroxyl groups is 1. The highest BCUT2D eigenvalue weighted by molar-refractivity contribution is 7.47. The molecule has 0 fully saturated rings. The lowest BCUT2D eigenvalue weighted by molar-refractivity contribution is -0.161. The van der Waals surface area contributed by atoms with Crippen LogP contribution >= 0.6 is 15.6 Å². The number of carbonyl (C=O) groups is 4. The predicted octanol–water partition coefficient (Wildman–Crippen LogP) is 26.8. The fourth-order valence-electron chi connectivity index (χ4n) is 13.6. The topological polar surface area (TPSA) is 237 Å². The summed E-state index contributed by atoms with van der Waals surface area (Å²) in [6, 6.07) is 0. The molecule has 0 radical (unpaired) electrons. The van der Waals surface area contributed by atoms with Crippen LogP contribution in [0.3, 0.4) is 0 Å². The Balaban J connectivity index is 5.22. The van der Waals surface area contributed by atoms with Crippen molar-refractivity contribution >= 4 is 39.5 Å². The molecule has 0 bridgehead atoms. The maximum absolute atomic E-state index is 13.2. The van der Waals surface area contributed by atoms with Crippen molar-refractivity contribution in [1.29, 1.82) is 0 Å². The molecular weight excluding hydrogens is 1380 g/mol. The summed E-state index contributed by atoms with van der Waals surface area (Å²) < 4.78 is 68.9. The molecule has 0 aromatic rings. The molecule has 0 saturated heterocycles. The average molecular weight is 1550 g/mol. The molecule has 106 heavy (non-hydrogen) atoms.